The van der Waals surface area contributed by atoms with Crippen molar-refractivity contribution in [1.29, 1.82) is 0 Å². The number of hydrogen-bond acceptors (Lipinski definition) is 9. The lowest BCUT2D eigenvalue weighted by Crippen LogP contribution is -2.37. The van der Waals surface area contributed by atoms with Crippen molar-refractivity contribution in [3.63, 3.8) is 0 Å². The van der Waals surface area contributed by atoms with Gasteiger partial charge in [0.2, 0.25) is 0 Å². The van der Waals surface area contributed by atoms with Crippen LogP contribution in [0.5, 0.6) is 0 Å². The Bertz CT molecular complexity index is 922. The van der Waals surface area contributed by atoms with Crippen LogP contribution < -0.4 is 0 Å². The highest BCUT2D eigenvalue weighted by molar-refractivity contribution is 5.72. The van der Waals surface area contributed by atoms with Crippen LogP contribution in [0, 0.1) is 11.8 Å². The molecule has 0 aliphatic heterocycles. The Hall–Kier alpha value is -1.87. The van der Waals surface area contributed by atoms with Crippen molar-refractivity contribution in [3.8, 4) is 0 Å². The third-order valence-corrected chi connectivity index (χ3v) is 12.1. The molecule has 0 aliphatic rings. The van der Waals surface area contributed by atoms with Gasteiger partial charge in [0, 0.05) is 19.6 Å². The molecule has 0 heterocycles. The summed E-state index contributed by atoms with van der Waals surface area (Å²) >= 11 is 0. The summed E-state index contributed by atoms with van der Waals surface area (Å²) in [7, 11) is 0. The van der Waals surface area contributed by atoms with Crippen molar-refractivity contribution in [3.05, 3.63) is 0 Å². The SMILES string of the molecule is CCCCCCC(CCCCCC)C(=O)OCCCCCCC(CCCCOC(=O)C(CCCCCC)CCCCCC)OC(=O)OCCN(CC)CCN(CC)CC. The van der Waals surface area contributed by atoms with Crippen LogP contribution in [0.15, 0.2) is 0 Å². The normalized spacial score (nSPS) is 12.2. The number of carbonyl (C=O) groups excluding carboxylic acids is 3. The zero-order valence-electron chi connectivity index (χ0n) is 40.1. The number of likely N-dealkylation sites (N-methyl/N-ethyl adjacent to an activating group) is 2. The van der Waals surface area contributed by atoms with E-state index in [-0.39, 0.29) is 29.9 Å². The predicted octanol–water partition coefficient (Wildman–Crippen LogP) is 13.5. The zero-order valence-corrected chi connectivity index (χ0v) is 40.1. The highest BCUT2D eigenvalue weighted by atomic mass is 16.7. The van der Waals surface area contributed by atoms with Gasteiger partial charge in [-0.05, 0) is 83.8 Å². The Morgan fingerprint density at radius 3 is 1.15 bits per heavy atom. The van der Waals surface area contributed by atoms with Gasteiger partial charge in [0.1, 0.15) is 12.7 Å². The molecule has 0 spiro atoms. The van der Waals surface area contributed by atoms with E-state index in [2.05, 4.69) is 58.3 Å². The van der Waals surface area contributed by atoms with E-state index in [1.807, 2.05) is 0 Å². The molecule has 0 saturated heterocycles. The maximum Gasteiger partial charge on any atom is 0.508 e. The van der Waals surface area contributed by atoms with E-state index in [0.29, 0.717) is 32.8 Å². The third kappa shape index (κ3) is 34.4. The molecule has 9 nitrogen and oxygen atoms in total. The van der Waals surface area contributed by atoms with E-state index >= 15 is 0 Å². The highest BCUT2D eigenvalue weighted by Gasteiger charge is 2.21. The van der Waals surface area contributed by atoms with Crippen molar-refractivity contribution < 1.29 is 33.3 Å². The van der Waals surface area contributed by atoms with Gasteiger partial charge in [-0.3, -0.25) is 14.5 Å². The summed E-state index contributed by atoms with van der Waals surface area (Å²) in [6.07, 6.45) is 28.5. The average Bonchev–Trinajstić information content (AvgIpc) is 3.24. The standard InChI is InChI=1S/C50H98N2O7/c1-8-15-19-25-33-45(34-26-20-16-9-2)48(53)56-42-31-24-23-29-37-47(59-50(55)58-44-41-52(14-7)40-39-51(12-5)13-6)38-30-32-43-57-49(54)46(35-27-21-17-10-3)36-28-22-18-11-4/h45-47H,8-44H2,1-7H3. The van der Waals surface area contributed by atoms with Crippen molar-refractivity contribution in [1.82, 2.24) is 9.80 Å². The van der Waals surface area contributed by atoms with Crippen LogP contribution in [0.1, 0.15) is 228 Å². The summed E-state index contributed by atoms with van der Waals surface area (Å²) < 4.78 is 23.1. The van der Waals surface area contributed by atoms with Crippen molar-refractivity contribution in [2.24, 2.45) is 11.8 Å². The maximum absolute atomic E-state index is 13.1. The zero-order chi connectivity index (χ0) is 43.6. The second-order valence-electron chi connectivity index (χ2n) is 17.1. The molecule has 0 aromatic heterocycles. The lowest BCUT2D eigenvalue weighted by molar-refractivity contribution is -0.150. The molecule has 0 amide bonds. The van der Waals surface area contributed by atoms with E-state index < -0.39 is 6.16 Å². The molecule has 9 heteroatoms. The van der Waals surface area contributed by atoms with Crippen molar-refractivity contribution in [2.75, 3.05) is 59.1 Å². The van der Waals surface area contributed by atoms with E-state index in [4.69, 9.17) is 18.9 Å². The van der Waals surface area contributed by atoms with Crippen LogP contribution in [-0.2, 0) is 28.5 Å². The van der Waals surface area contributed by atoms with Gasteiger partial charge in [0.05, 0.1) is 25.0 Å². The molecule has 0 aromatic rings. The second-order valence-corrected chi connectivity index (χ2v) is 17.1. The molecule has 1 unspecified atom stereocenters. The quantitative estimate of drug-likeness (QED) is 0.0338. The molecule has 0 saturated carbocycles. The molecule has 0 N–H and O–H groups in total. The van der Waals surface area contributed by atoms with Crippen LogP contribution in [0.2, 0.25) is 0 Å². The van der Waals surface area contributed by atoms with Gasteiger partial charge in [-0.25, -0.2) is 4.79 Å². The molecule has 1 atom stereocenters. The molecule has 0 fully saturated rings. The molecular weight excluding hydrogens is 741 g/mol. The molecule has 0 rings (SSSR count). The number of hydrogen-bond donors (Lipinski definition) is 0. The molecule has 0 aromatic carbocycles. The fourth-order valence-corrected chi connectivity index (χ4v) is 7.85. The van der Waals surface area contributed by atoms with E-state index in [1.54, 1.807) is 0 Å². The Morgan fingerprint density at radius 2 is 0.729 bits per heavy atom. The van der Waals surface area contributed by atoms with Crippen molar-refractivity contribution in [2.45, 2.75) is 234 Å². The molecule has 59 heavy (non-hydrogen) atoms. The summed E-state index contributed by atoms with van der Waals surface area (Å²) in [4.78, 5) is 43.7. The minimum atomic E-state index is -0.596. The number of rotatable bonds is 44. The van der Waals surface area contributed by atoms with Gasteiger partial charge in [-0.2, -0.15) is 0 Å². The van der Waals surface area contributed by atoms with E-state index in [9.17, 15) is 14.4 Å². The minimum Gasteiger partial charge on any atom is -0.465 e. The van der Waals surface area contributed by atoms with E-state index in [1.165, 1.54) is 77.0 Å². The monoisotopic (exact) mass is 839 g/mol. The Labute approximate surface area is 365 Å². The van der Waals surface area contributed by atoms with Gasteiger partial charge >= 0.3 is 18.1 Å². The summed E-state index contributed by atoms with van der Waals surface area (Å²) in [5.41, 5.74) is 0. The summed E-state index contributed by atoms with van der Waals surface area (Å²) in [5, 5.41) is 0. The second kappa shape index (κ2) is 42.8. The summed E-state index contributed by atoms with van der Waals surface area (Å²) in [6, 6.07) is 0. The highest BCUT2D eigenvalue weighted by Crippen LogP contribution is 2.22. The molecule has 0 aliphatic carbocycles. The molecule has 0 bridgehead atoms. The van der Waals surface area contributed by atoms with Gasteiger partial charge in [-0.1, -0.05) is 164 Å². The fourth-order valence-electron chi connectivity index (χ4n) is 7.85. The first-order chi connectivity index (χ1) is 28.8. The largest absolute Gasteiger partial charge is 0.508 e. The van der Waals surface area contributed by atoms with Crippen LogP contribution >= 0.6 is 0 Å². The minimum absolute atomic E-state index is 0.00364. The first kappa shape index (κ1) is 57.1. The predicted molar refractivity (Wildman–Crippen MR) is 247 cm³/mol. The van der Waals surface area contributed by atoms with Crippen LogP contribution in [0.3, 0.4) is 0 Å². The Morgan fingerprint density at radius 1 is 0.373 bits per heavy atom. The maximum atomic E-state index is 13.1. The molecule has 0 radical (unpaired) electrons. The van der Waals surface area contributed by atoms with Gasteiger partial charge in [0.25, 0.3) is 0 Å². The third-order valence-electron chi connectivity index (χ3n) is 12.1. The smallest absolute Gasteiger partial charge is 0.465 e. The average molecular weight is 839 g/mol. The number of unbranched alkanes of at least 4 members (excludes halogenated alkanes) is 16. The first-order valence-corrected chi connectivity index (χ1v) is 25.4. The lowest BCUT2D eigenvalue weighted by atomic mass is 9.94. The number of carbonyl (C=O) groups is 3. The Balaban J connectivity index is 5.01. The topological polar surface area (TPSA) is 94.6 Å². The first-order valence-electron chi connectivity index (χ1n) is 25.4. The molecule has 350 valence electrons. The summed E-state index contributed by atoms with van der Waals surface area (Å²) in [5.74, 6) is 0.00484. The number of esters is 2. The van der Waals surface area contributed by atoms with Crippen LogP contribution in [0.25, 0.3) is 0 Å². The number of ether oxygens (including phenoxy) is 4. The molecular formula is C50H98N2O7. The lowest BCUT2D eigenvalue weighted by Gasteiger charge is -2.25. The van der Waals surface area contributed by atoms with E-state index in [0.717, 1.165) is 129 Å². The van der Waals surface area contributed by atoms with Gasteiger partial charge in [-0.15, -0.1) is 0 Å². The van der Waals surface area contributed by atoms with Crippen LogP contribution in [0.4, 0.5) is 4.79 Å². The number of nitrogens with zero attached hydrogens (tertiary/aromatic N) is 2. The Kier molecular flexibility index (Phi) is 41.4. The summed E-state index contributed by atoms with van der Waals surface area (Å²) in [6.45, 7) is 22.2. The fraction of sp³-hybridized carbons (Fsp3) is 0.940. The van der Waals surface area contributed by atoms with Crippen molar-refractivity contribution >= 4 is 18.1 Å². The van der Waals surface area contributed by atoms with Crippen LogP contribution in [-0.4, -0.2) is 93.1 Å². The van der Waals surface area contributed by atoms with Gasteiger partial charge < -0.3 is 23.8 Å². The van der Waals surface area contributed by atoms with Gasteiger partial charge in [0.15, 0.2) is 0 Å².